The van der Waals surface area contributed by atoms with Gasteiger partial charge in [0.1, 0.15) is 0 Å². The van der Waals surface area contributed by atoms with Gasteiger partial charge in [-0.2, -0.15) is 0 Å². The van der Waals surface area contributed by atoms with Crippen LogP contribution < -0.4 is 5.32 Å². The lowest BCUT2D eigenvalue weighted by Crippen LogP contribution is -2.28. The van der Waals surface area contributed by atoms with E-state index in [1.165, 1.54) is 0 Å². The number of benzene rings is 2. The molecular formula is C17H18ClNO. The van der Waals surface area contributed by atoms with E-state index < -0.39 is 0 Å². The summed E-state index contributed by atoms with van der Waals surface area (Å²) in [5.41, 5.74) is 2.75. The van der Waals surface area contributed by atoms with Gasteiger partial charge in [0.2, 0.25) is 0 Å². The van der Waals surface area contributed by atoms with Crippen LogP contribution >= 0.6 is 11.6 Å². The molecule has 0 aliphatic carbocycles. The zero-order chi connectivity index (χ0) is 14.5. The molecule has 20 heavy (non-hydrogen) atoms. The zero-order valence-corrected chi connectivity index (χ0v) is 12.4. The first-order valence-electron chi connectivity index (χ1n) is 6.73. The molecule has 0 saturated carbocycles. The number of carbonyl (C=O) groups excluding carboxylic acids is 1. The van der Waals surface area contributed by atoms with Crippen molar-refractivity contribution in [1.29, 1.82) is 0 Å². The molecule has 1 N–H and O–H groups in total. The highest BCUT2D eigenvalue weighted by Crippen LogP contribution is 2.17. The summed E-state index contributed by atoms with van der Waals surface area (Å²) >= 11 is 5.86. The molecule has 0 fully saturated rings. The van der Waals surface area contributed by atoms with E-state index in [1.54, 1.807) is 0 Å². The van der Waals surface area contributed by atoms with Crippen molar-refractivity contribution in [2.24, 2.45) is 0 Å². The van der Waals surface area contributed by atoms with Crippen LogP contribution in [0, 0.1) is 6.92 Å². The monoisotopic (exact) mass is 287 g/mol. The van der Waals surface area contributed by atoms with Crippen LogP contribution in [0.2, 0.25) is 5.02 Å². The molecule has 0 amide bonds. The Morgan fingerprint density at radius 3 is 2.50 bits per heavy atom. The van der Waals surface area contributed by atoms with Crippen molar-refractivity contribution in [2.45, 2.75) is 26.3 Å². The Morgan fingerprint density at radius 1 is 1.20 bits per heavy atom. The van der Waals surface area contributed by atoms with Gasteiger partial charge < -0.3 is 5.32 Å². The van der Waals surface area contributed by atoms with E-state index in [0.29, 0.717) is 5.02 Å². The highest BCUT2D eigenvalue weighted by molar-refractivity contribution is 6.30. The van der Waals surface area contributed by atoms with Gasteiger partial charge in [-0.05, 0) is 43.7 Å². The highest BCUT2D eigenvalue weighted by Gasteiger charge is 2.18. The molecule has 3 heteroatoms. The predicted octanol–water partition coefficient (Wildman–Crippen LogP) is 4.72. The summed E-state index contributed by atoms with van der Waals surface area (Å²) in [5.74, 6) is 0.117. The number of carbonyl (C=O) groups is 1. The maximum atomic E-state index is 12.5. The number of rotatable bonds is 5. The van der Waals surface area contributed by atoms with Gasteiger partial charge >= 0.3 is 0 Å². The second-order valence-corrected chi connectivity index (χ2v) is 5.28. The van der Waals surface area contributed by atoms with E-state index in [1.807, 2.05) is 62.4 Å². The van der Waals surface area contributed by atoms with E-state index in [2.05, 4.69) is 5.32 Å². The second kappa shape index (κ2) is 6.58. The summed E-state index contributed by atoms with van der Waals surface area (Å²) in [4.78, 5) is 12.5. The van der Waals surface area contributed by atoms with E-state index in [9.17, 15) is 4.79 Å². The van der Waals surface area contributed by atoms with Gasteiger partial charge in [-0.25, -0.2) is 0 Å². The van der Waals surface area contributed by atoms with Crippen LogP contribution in [0.15, 0.2) is 48.5 Å². The Labute approximate surface area is 124 Å². The molecule has 1 atom stereocenters. The lowest BCUT2D eigenvalue weighted by atomic mass is 10.0. The second-order valence-electron chi connectivity index (χ2n) is 4.85. The van der Waals surface area contributed by atoms with Gasteiger partial charge in [0, 0.05) is 16.3 Å². The Hall–Kier alpha value is -1.80. The van der Waals surface area contributed by atoms with Crippen molar-refractivity contribution in [3.8, 4) is 0 Å². The first-order chi connectivity index (χ1) is 9.60. The van der Waals surface area contributed by atoms with E-state index in [-0.39, 0.29) is 11.8 Å². The molecule has 0 aromatic heterocycles. The van der Waals surface area contributed by atoms with Crippen LogP contribution in [-0.2, 0) is 0 Å². The predicted molar refractivity (Wildman–Crippen MR) is 84.7 cm³/mol. The molecule has 2 nitrogen and oxygen atoms in total. The molecule has 0 saturated heterocycles. The molecule has 1 unspecified atom stereocenters. The molecule has 2 aromatic carbocycles. The summed E-state index contributed by atoms with van der Waals surface area (Å²) in [5, 5.41) is 3.95. The minimum absolute atomic E-state index is 0.117. The molecule has 0 radical (unpaired) electrons. The quantitative estimate of drug-likeness (QED) is 0.806. The third-order valence-corrected chi connectivity index (χ3v) is 3.46. The average molecular weight is 288 g/mol. The lowest BCUT2D eigenvalue weighted by Gasteiger charge is -2.17. The van der Waals surface area contributed by atoms with Gasteiger partial charge in [-0.15, -0.1) is 0 Å². The van der Waals surface area contributed by atoms with Gasteiger partial charge in [0.25, 0.3) is 0 Å². The number of hydrogen-bond acceptors (Lipinski definition) is 2. The number of hydrogen-bond donors (Lipinski definition) is 1. The third-order valence-electron chi connectivity index (χ3n) is 3.21. The Morgan fingerprint density at radius 2 is 1.90 bits per heavy atom. The topological polar surface area (TPSA) is 29.1 Å². The van der Waals surface area contributed by atoms with Crippen LogP contribution in [-0.4, -0.2) is 11.8 Å². The standard InChI is InChI=1S/C17H18ClNO/c1-3-16(19-15-9-7-14(18)8-10-15)17(20)13-6-4-5-12(2)11-13/h4-11,16,19H,3H2,1-2H3. The fourth-order valence-corrected chi connectivity index (χ4v) is 2.23. The maximum Gasteiger partial charge on any atom is 0.184 e. The molecule has 0 spiro atoms. The van der Waals surface area contributed by atoms with Crippen LogP contribution in [0.3, 0.4) is 0 Å². The smallest absolute Gasteiger partial charge is 0.184 e. The summed E-state index contributed by atoms with van der Waals surface area (Å²) in [7, 11) is 0. The number of halogens is 1. The van der Waals surface area contributed by atoms with Crippen LogP contribution in [0.4, 0.5) is 5.69 Å². The molecule has 2 rings (SSSR count). The normalized spacial score (nSPS) is 11.9. The van der Waals surface area contributed by atoms with E-state index in [4.69, 9.17) is 11.6 Å². The van der Waals surface area contributed by atoms with Crippen LogP contribution in [0.5, 0.6) is 0 Å². The number of Topliss-reactive ketones (excluding diaryl/α,β-unsaturated/α-hetero) is 1. The van der Waals surface area contributed by atoms with Gasteiger partial charge in [0.05, 0.1) is 6.04 Å². The SMILES string of the molecule is CCC(Nc1ccc(Cl)cc1)C(=O)c1cccc(C)c1. The molecule has 0 aliphatic heterocycles. The van der Waals surface area contributed by atoms with Crippen LogP contribution in [0.1, 0.15) is 29.3 Å². The molecule has 0 aliphatic rings. The fourth-order valence-electron chi connectivity index (χ4n) is 2.10. The maximum absolute atomic E-state index is 12.5. The van der Waals surface area contributed by atoms with Crippen molar-refractivity contribution < 1.29 is 4.79 Å². The Balaban J connectivity index is 2.15. The number of aryl methyl sites for hydroxylation is 1. The first kappa shape index (κ1) is 14.6. The molecular weight excluding hydrogens is 270 g/mol. The van der Waals surface area contributed by atoms with Gasteiger partial charge in [-0.1, -0.05) is 42.3 Å². The summed E-state index contributed by atoms with van der Waals surface area (Å²) in [6.45, 7) is 3.99. The summed E-state index contributed by atoms with van der Waals surface area (Å²) < 4.78 is 0. The van der Waals surface area contributed by atoms with Crippen LogP contribution in [0.25, 0.3) is 0 Å². The Bertz CT molecular complexity index is 592. The number of anilines is 1. The van der Waals surface area contributed by atoms with Crippen molar-refractivity contribution in [3.05, 3.63) is 64.7 Å². The molecule has 0 heterocycles. The van der Waals surface area contributed by atoms with Gasteiger partial charge in [-0.3, -0.25) is 4.79 Å². The summed E-state index contributed by atoms with van der Waals surface area (Å²) in [6.07, 6.45) is 0.732. The third kappa shape index (κ3) is 3.61. The molecule has 104 valence electrons. The minimum Gasteiger partial charge on any atom is -0.375 e. The molecule has 2 aromatic rings. The summed E-state index contributed by atoms with van der Waals surface area (Å²) in [6, 6.07) is 14.9. The lowest BCUT2D eigenvalue weighted by molar-refractivity contribution is 0.0967. The van der Waals surface area contributed by atoms with E-state index in [0.717, 1.165) is 23.2 Å². The Kier molecular flexibility index (Phi) is 4.80. The van der Waals surface area contributed by atoms with Crippen molar-refractivity contribution in [2.75, 3.05) is 5.32 Å². The minimum atomic E-state index is -0.224. The fraction of sp³-hybridized carbons (Fsp3) is 0.235. The number of ketones is 1. The number of nitrogens with one attached hydrogen (secondary N) is 1. The van der Waals surface area contributed by atoms with Crippen molar-refractivity contribution in [3.63, 3.8) is 0 Å². The van der Waals surface area contributed by atoms with Gasteiger partial charge in [0.15, 0.2) is 5.78 Å². The molecule has 0 bridgehead atoms. The largest absolute Gasteiger partial charge is 0.375 e. The van der Waals surface area contributed by atoms with E-state index >= 15 is 0 Å². The highest BCUT2D eigenvalue weighted by atomic mass is 35.5. The van der Waals surface area contributed by atoms with Crippen molar-refractivity contribution in [1.82, 2.24) is 0 Å². The van der Waals surface area contributed by atoms with Crippen molar-refractivity contribution >= 4 is 23.1 Å². The first-order valence-corrected chi connectivity index (χ1v) is 7.11. The zero-order valence-electron chi connectivity index (χ0n) is 11.7. The average Bonchev–Trinajstić information content (AvgIpc) is 2.46.